The number of amides is 1. The second kappa shape index (κ2) is 6.54. The van der Waals surface area contributed by atoms with Crippen molar-refractivity contribution in [1.29, 1.82) is 5.26 Å². The minimum absolute atomic E-state index is 0.242. The van der Waals surface area contributed by atoms with Crippen LogP contribution in [0.4, 0.5) is 5.00 Å². The largest absolute Gasteiger partial charge is 0.451 e. The SMILES string of the molecule is CC(C)(C)[C@H]1CCc2c(sc(NC(=O)c3cc4ccccc4o3)c2C#N)C1. The lowest BCUT2D eigenvalue weighted by Gasteiger charge is -2.33. The molecule has 1 N–H and O–H groups in total. The van der Waals surface area contributed by atoms with Crippen molar-refractivity contribution in [3.05, 3.63) is 52.1 Å². The van der Waals surface area contributed by atoms with E-state index in [1.54, 1.807) is 17.4 Å². The van der Waals surface area contributed by atoms with Crippen molar-refractivity contribution >= 4 is 33.2 Å². The summed E-state index contributed by atoms with van der Waals surface area (Å²) in [4.78, 5) is 13.9. The van der Waals surface area contributed by atoms with Gasteiger partial charge in [-0.3, -0.25) is 4.79 Å². The van der Waals surface area contributed by atoms with Crippen molar-refractivity contribution in [3.8, 4) is 6.07 Å². The Kier molecular flexibility index (Phi) is 4.32. The number of hydrogen-bond acceptors (Lipinski definition) is 4. The van der Waals surface area contributed by atoms with E-state index in [0.29, 0.717) is 22.1 Å². The Labute approximate surface area is 162 Å². The molecule has 0 radical (unpaired) electrons. The molecule has 1 aromatic carbocycles. The Morgan fingerprint density at radius 1 is 1.33 bits per heavy atom. The highest BCUT2D eigenvalue weighted by Crippen LogP contribution is 2.44. The van der Waals surface area contributed by atoms with Crippen LogP contribution < -0.4 is 5.32 Å². The average Bonchev–Trinajstić information content (AvgIpc) is 3.20. The summed E-state index contributed by atoms with van der Waals surface area (Å²) in [6.07, 6.45) is 2.95. The van der Waals surface area contributed by atoms with Crippen molar-refractivity contribution in [2.45, 2.75) is 40.0 Å². The molecule has 1 aliphatic rings. The number of nitrogens with one attached hydrogen (secondary N) is 1. The monoisotopic (exact) mass is 378 g/mol. The van der Waals surface area contributed by atoms with Crippen LogP contribution >= 0.6 is 11.3 Å². The molecule has 4 rings (SSSR count). The Morgan fingerprint density at radius 2 is 2.11 bits per heavy atom. The second-order valence-corrected chi connectivity index (χ2v) is 9.33. The fourth-order valence-electron chi connectivity index (χ4n) is 3.79. The van der Waals surface area contributed by atoms with Crippen LogP contribution in [0.2, 0.25) is 0 Å². The molecule has 1 aliphatic carbocycles. The van der Waals surface area contributed by atoms with E-state index >= 15 is 0 Å². The molecular weight excluding hydrogens is 356 g/mol. The summed E-state index contributed by atoms with van der Waals surface area (Å²) < 4.78 is 5.65. The molecule has 138 valence electrons. The molecule has 1 atom stereocenters. The predicted molar refractivity (Wildman–Crippen MR) is 108 cm³/mol. The summed E-state index contributed by atoms with van der Waals surface area (Å²) in [7, 11) is 0. The Hall–Kier alpha value is -2.58. The molecule has 0 bridgehead atoms. The number of nitriles is 1. The van der Waals surface area contributed by atoms with Gasteiger partial charge in [0.15, 0.2) is 5.76 Å². The number of furan rings is 1. The first-order valence-electron chi connectivity index (χ1n) is 9.21. The van der Waals surface area contributed by atoms with Gasteiger partial charge in [-0.2, -0.15) is 5.26 Å². The maximum absolute atomic E-state index is 12.7. The van der Waals surface area contributed by atoms with E-state index in [1.807, 2.05) is 24.3 Å². The number of benzene rings is 1. The van der Waals surface area contributed by atoms with Crippen molar-refractivity contribution in [2.75, 3.05) is 5.32 Å². The van der Waals surface area contributed by atoms with E-state index in [4.69, 9.17) is 4.42 Å². The molecular formula is C22H22N2O2S. The lowest BCUT2D eigenvalue weighted by molar-refractivity contribution is 0.0999. The average molecular weight is 378 g/mol. The van der Waals surface area contributed by atoms with Crippen LogP contribution in [0.5, 0.6) is 0 Å². The molecule has 5 heteroatoms. The van der Waals surface area contributed by atoms with E-state index in [1.165, 1.54) is 4.88 Å². The first-order valence-corrected chi connectivity index (χ1v) is 10.0. The van der Waals surface area contributed by atoms with E-state index in [0.717, 1.165) is 30.2 Å². The molecule has 2 aromatic heterocycles. The van der Waals surface area contributed by atoms with Crippen LogP contribution in [-0.2, 0) is 12.8 Å². The standard InChI is InChI=1S/C22H22N2O2S/c1-22(2,3)14-8-9-15-16(12-23)21(27-19(15)11-14)24-20(25)18-10-13-6-4-5-7-17(13)26-18/h4-7,10,14H,8-9,11H2,1-3H3,(H,24,25)/t14-/m0/s1. The number of fused-ring (bicyclic) bond motifs is 2. The Balaban J connectivity index is 1.62. The number of anilines is 1. The number of para-hydroxylation sites is 1. The van der Waals surface area contributed by atoms with Crippen LogP contribution in [-0.4, -0.2) is 5.91 Å². The molecule has 1 amide bonds. The van der Waals surface area contributed by atoms with Crippen LogP contribution in [0.25, 0.3) is 11.0 Å². The van der Waals surface area contributed by atoms with Crippen LogP contribution in [0.3, 0.4) is 0 Å². The molecule has 0 fully saturated rings. The van der Waals surface area contributed by atoms with Crippen LogP contribution in [0.1, 0.15) is 53.8 Å². The van der Waals surface area contributed by atoms with Crippen LogP contribution in [0, 0.1) is 22.7 Å². The number of hydrogen-bond donors (Lipinski definition) is 1. The molecule has 4 nitrogen and oxygen atoms in total. The molecule has 27 heavy (non-hydrogen) atoms. The van der Waals surface area contributed by atoms with Gasteiger partial charge in [-0.25, -0.2) is 0 Å². The maximum Gasteiger partial charge on any atom is 0.292 e. The topological polar surface area (TPSA) is 66.0 Å². The van der Waals surface area contributed by atoms with Crippen LogP contribution in [0.15, 0.2) is 34.7 Å². The zero-order valence-electron chi connectivity index (χ0n) is 15.8. The van der Waals surface area contributed by atoms with Gasteiger partial charge in [-0.05, 0) is 48.3 Å². The molecule has 0 unspecified atom stereocenters. The zero-order chi connectivity index (χ0) is 19.2. The number of thiophene rings is 1. The highest BCUT2D eigenvalue weighted by molar-refractivity contribution is 7.16. The first kappa shape index (κ1) is 17.8. The molecule has 0 saturated heterocycles. The van der Waals surface area contributed by atoms with Crippen molar-refractivity contribution in [1.82, 2.24) is 0 Å². The molecule has 0 saturated carbocycles. The highest BCUT2D eigenvalue weighted by atomic mass is 32.1. The smallest absolute Gasteiger partial charge is 0.292 e. The van der Waals surface area contributed by atoms with E-state index in [9.17, 15) is 10.1 Å². The van der Waals surface area contributed by atoms with Crippen molar-refractivity contribution < 1.29 is 9.21 Å². The highest BCUT2D eigenvalue weighted by Gasteiger charge is 2.32. The molecule has 3 aromatic rings. The van der Waals surface area contributed by atoms with E-state index in [2.05, 4.69) is 32.2 Å². The summed E-state index contributed by atoms with van der Waals surface area (Å²) >= 11 is 1.54. The van der Waals surface area contributed by atoms with Gasteiger partial charge in [0.05, 0.1) is 5.56 Å². The molecule has 0 spiro atoms. The summed E-state index contributed by atoms with van der Waals surface area (Å²) in [6, 6.07) is 11.6. The Bertz CT molecular complexity index is 1030. The second-order valence-electron chi connectivity index (χ2n) is 8.23. The summed E-state index contributed by atoms with van der Waals surface area (Å²) in [5.74, 6) is 0.543. The Morgan fingerprint density at radius 3 is 2.81 bits per heavy atom. The summed E-state index contributed by atoms with van der Waals surface area (Å²) in [5.41, 5.74) is 2.66. The molecule has 0 aliphatic heterocycles. The fourth-order valence-corrected chi connectivity index (χ4v) is 5.06. The number of carbonyl (C=O) groups is 1. The number of carbonyl (C=O) groups excluding carboxylic acids is 1. The molecule has 2 heterocycles. The van der Waals surface area contributed by atoms with Gasteiger partial charge in [-0.15, -0.1) is 11.3 Å². The van der Waals surface area contributed by atoms with Gasteiger partial charge >= 0.3 is 0 Å². The third kappa shape index (κ3) is 3.26. The minimum atomic E-state index is -0.311. The lowest BCUT2D eigenvalue weighted by atomic mass is 9.72. The number of rotatable bonds is 2. The van der Waals surface area contributed by atoms with Gasteiger partial charge in [-0.1, -0.05) is 39.0 Å². The zero-order valence-corrected chi connectivity index (χ0v) is 16.6. The van der Waals surface area contributed by atoms with Gasteiger partial charge in [0.1, 0.15) is 16.7 Å². The minimum Gasteiger partial charge on any atom is -0.451 e. The predicted octanol–water partition coefficient (Wildman–Crippen LogP) is 5.77. The first-order chi connectivity index (χ1) is 12.9. The third-order valence-electron chi connectivity index (χ3n) is 5.48. The number of nitrogens with zero attached hydrogens (tertiary/aromatic N) is 1. The summed E-state index contributed by atoms with van der Waals surface area (Å²) in [5, 5.41) is 14.1. The summed E-state index contributed by atoms with van der Waals surface area (Å²) in [6.45, 7) is 6.81. The quantitative estimate of drug-likeness (QED) is 0.615. The third-order valence-corrected chi connectivity index (χ3v) is 6.65. The van der Waals surface area contributed by atoms with Gasteiger partial charge < -0.3 is 9.73 Å². The normalized spacial score (nSPS) is 16.7. The van der Waals surface area contributed by atoms with Crippen molar-refractivity contribution in [3.63, 3.8) is 0 Å². The van der Waals surface area contributed by atoms with E-state index < -0.39 is 0 Å². The van der Waals surface area contributed by atoms with Crippen molar-refractivity contribution in [2.24, 2.45) is 11.3 Å². The fraction of sp³-hybridized carbons (Fsp3) is 0.364. The van der Waals surface area contributed by atoms with Gasteiger partial charge in [0, 0.05) is 10.3 Å². The maximum atomic E-state index is 12.7. The van der Waals surface area contributed by atoms with Gasteiger partial charge in [0.25, 0.3) is 5.91 Å². The van der Waals surface area contributed by atoms with E-state index in [-0.39, 0.29) is 17.1 Å². The lowest BCUT2D eigenvalue weighted by Crippen LogP contribution is -2.26. The van der Waals surface area contributed by atoms with Gasteiger partial charge in [0.2, 0.25) is 0 Å².